The molecule has 0 N–H and O–H groups in total. The number of benzene rings is 8. The Morgan fingerprint density at radius 1 is 0.255 bits per heavy atom. The molecule has 0 amide bonds. The van der Waals surface area contributed by atoms with Gasteiger partial charge in [-0.25, -0.2) is 0 Å². The zero-order valence-electron chi connectivity index (χ0n) is 27.9. The predicted molar refractivity (Wildman–Crippen MR) is 215 cm³/mol. The van der Waals surface area contributed by atoms with Crippen LogP contribution in [0, 0.1) is 0 Å². The molecule has 0 saturated carbocycles. The monoisotopic (exact) mass is 651 g/mol. The van der Waals surface area contributed by atoms with Gasteiger partial charge in [0.25, 0.3) is 0 Å². The number of rotatable bonds is 6. The van der Waals surface area contributed by atoms with E-state index in [2.05, 4.69) is 214 Å². The standard InChI is InChI=1S/C48H33N3/c1-2-12-36(13-3-1)49(38-30-32-40(33-31-38)51-47-20-10-6-16-43(47)44-17-7-11-21-48(44)51)37-26-22-34(23-27-37)35-24-28-39(29-25-35)50-45-18-8-4-14-41(45)42-15-5-9-19-46(42)50/h1-33H. The first kappa shape index (κ1) is 29.1. The van der Waals surface area contributed by atoms with Crippen LogP contribution in [0.25, 0.3) is 66.1 Å². The van der Waals surface area contributed by atoms with E-state index < -0.39 is 0 Å². The lowest BCUT2D eigenvalue weighted by Gasteiger charge is -2.26. The second-order valence-electron chi connectivity index (χ2n) is 13.0. The number of nitrogens with zero attached hydrogens (tertiary/aromatic N) is 3. The largest absolute Gasteiger partial charge is 0.311 e. The zero-order valence-corrected chi connectivity index (χ0v) is 27.9. The number of fused-ring (bicyclic) bond motifs is 6. The average molecular weight is 652 g/mol. The Balaban J connectivity index is 0.994. The van der Waals surface area contributed by atoms with Crippen LogP contribution in [-0.4, -0.2) is 9.13 Å². The summed E-state index contributed by atoms with van der Waals surface area (Å²) in [5.74, 6) is 0. The Bertz CT molecular complexity index is 2720. The van der Waals surface area contributed by atoms with Gasteiger partial charge in [-0.05, 0) is 96.1 Å². The minimum atomic E-state index is 1.11. The van der Waals surface area contributed by atoms with Crippen LogP contribution < -0.4 is 4.90 Å². The molecule has 0 unspecified atom stereocenters. The van der Waals surface area contributed by atoms with Crippen LogP contribution in [0.5, 0.6) is 0 Å². The number of anilines is 3. The van der Waals surface area contributed by atoms with E-state index in [1.54, 1.807) is 0 Å². The lowest BCUT2D eigenvalue weighted by Crippen LogP contribution is -2.10. The minimum Gasteiger partial charge on any atom is -0.311 e. The molecule has 51 heavy (non-hydrogen) atoms. The van der Waals surface area contributed by atoms with Crippen LogP contribution in [0.3, 0.4) is 0 Å². The molecule has 0 saturated heterocycles. The van der Waals surface area contributed by atoms with Crippen molar-refractivity contribution in [1.82, 2.24) is 9.13 Å². The molecule has 2 aromatic heterocycles. The van der Waals surface area contributed by atoms with Crippen LogP contribution >= 0.6 is 0 Å². The van der Waals surface area contributed by atoms with Gasteiger partial charge in [-0.2, -0.15) is 0 Å². The van der Waals surface area contributed by atoms with E-state index in [1.807, 2.05) is 0 Å². The Morgan fingerprint density at radius 3 is 0.961 bits per heavy atom. The number of hydrogen-bond donors (Lipinski definition) is 0. The van der Waals surface area contributed by atoms with E-state index in [0.717, 1.165) is 28.4 Å². The summed E-state index contributed by atoms with van der Waals surface area (Å²) >= 11 is 0. The molecule has 10 rings (SSSR count). The van der Waals surface area contributed by atoms with Gasteiger partial charge in [-0.1, -0.05) is 115 Å². The lowest BCUT2D eigenvalue weighted by molar-refractivity contribution is 1.17. The molecule has 8 aromatic carbocycles. The summed E-state index contributed by atoms with van der Waals surface area (Å²) in [6.45, 7) is 0. The fourth-order valence-corrected chi connectivity index (χ4v) is 7.78. The number of para-hydroxylation sites is 5. The van der Waals surface area contributed by atoms with E-state index in [1.165, 1.54) is 54.7 Å². The quantitative estimate of drug-likeness (QED) is 0.174. The molecule has 240 valence electrons. The van der Waals surface area contributed by atoms with Gasteiger partial charge in [-0.3, -0.25) is 0 Å². The highest BCUT2D eigenvalue weighted by Gasteiger charge is 2.16. The van der Waals surface area contributed by atoms with Crippen molar-refractivity contribution in [3.05, 3.63) is 200 Å². The molecule has 3 nitrogen and oxygen atoms in total. The first-order valence-electron chi connectivity index (χ1n) is 17.4. The highest BCUT2D eigenvalue weighted by atomic mass is 15.1. The molecule has 0 radical (unpaired) electrons. The van der Waals surface area contributed by atoms with Gasteiger partial charge in [0, 0.05) is 50.0 Å². The van der Waals surface area contributed by atoms with E-state index >= 15 is 0 Å². The van der Waals surface area contributed by atoms with E-state index in [-0.39, 0.29) is 0 Å². The van der Waals surface area contributed by atoms with Crippen molar-refractivity contribution in [2.24, 2.45) is 0 Å². The summed E-state index contributed by atoms with van der Waals surface area (Å²) < 4.78 is 4.73. The third-order valence-electron chi connectivity index (χ3n) is 10.1. The topological polar surface area (TPSA) is 13.1 Å². The average Bonchev–Trinajstić information content (AvgIpc) is 3.72. The van der Waals surface area contributed by atoms with Gasteiger partial charge >= 0.3 is 0 Å². The molecule has 10 aromatic rings. The number of aromatic nitrogens is 2. The molecule has 2 heterocycles. The summed E-state index contributed by atoms with van der Waals surface area (Å²) in [6, 6.07) is 72.0. The van der Waals surface area contributed by atoms with Crippen molar-refractivity contribution in [2.45, 2.75) is 0 Å². The van der Waals surface area contributed by atoms with Gasteiger partial charge in [-0.15, -0.1) is 0 Å². The van der Waals surface area contributed by atoms with Crippen LogP contribution in [0.2, 0.25) is 0 Å². The van der Waals surface area contributed by atoms with Crippen molar-refractivity contribution in [3.63, 3.8) is 0 Å². The fourth-order valence-electron chi connectivity index (χ4n) is 7.78. The van der Waals surface area contributed by atoms with Gasteiger partial charge in [0.05, 0.1) is 22.1 Å². The van der Waals surface area contributed by atoms with Crippen LogP contribution in [0.4, 0.5) is 17.1 Å². The molecule has 0 atom stereocenters. The summed E-state index contributed by atoms with van der Waals surface area (Å²) in [5, 5.41) is 5.09. The normalized spacial score (nSPS) is 11.5. The van der Waals surface area contributed by atoms with Crippen molar-refractivity contribution < 1.29 is 0 Å². The lowest BCUT2D eigenvalue weighted by atomic mass is 10.0. The third kappa shape index (κ3) is 4.82. The van der Waals surface area contributed by atoms with E-state index in [9.17, 15) is 0 Å². The Hall–Kier alpha value is -6.84. The predicted octanol–water partition coefficient (Wildman–Crippen LogP) is 13.0. The molecule has 0 aliphatic rings. The molecular weight excluding hydrogens is 619 g/mol. The van der Waals surface area contributed by atoms with Crippen molar-refractivity contribution in [3.8, 4) is 22.5 Å². The maximum Gasteiger partial charge on any atom is 0.0541 e. The van der Waals surface area contributed by atoms with Gasteiger partial charge in [0.2, 0.25) is 0 Å². The van der Waals surface area contributed by atoms with Gasteiger partial charge in [0.15, 0.2) is 0 Å². The Morgan fingerprint density at radius 2 is 0.549 bits per heavy atom. The van der Waals surface area contributed by atoms with Crippen LogP contribution in [0.1, 0.15) is 0 Å². The molecule has 0 aliphatic carbocycles. The molecule has 3 heteroatoms. The second kappa shape index (κ2) is 11.9. The zero-order chi connectivity index (χ0) is 33.7. The molecule has 0 aliphatic heterocycles. The SMILES string of the molecule is c1ccc(N(c2ccc(-c3ccc(-n4c5ccccc5c5ccccc54)cc3)cc2)c2ccc(-n3c4ccccc4c4ccccc43)cc2)cc1. The van der Waals surface area contributed by atoms with Crippen molar-refractivity contribution in [1.29, 1.82) is 0 Å². The number of hydrogen-bond acceptors (Lipinski definition) is 1. The Kier molecular flexibility index (Phi) is 6.81. The summed E-state index contributed by atoms with van der Waals surface area (Å²) in [5.41, 5.74) is 12.9. The molecular formula is C48H33N3. The smallest absolute Gasteiger partial charge is 0.0541 e. The maximum atomic E-state index is 2.36. The third-order valence-corrected chi connectivity index (χ3v) is 10.1. The van der Waals surface area contributed by atoms with E-state index in [4.69, 9.17) is 0 Å². The van der Waals surface area contributed by atoms with Crippen LogP contribution in [-0.2, 0) is 0 Å². The Labute approximate surface area is 296 Å². The fraction of sp³-hybridized carbons (Fsp3) is 0. The van der Waals surface area contributed by atoms with Gasteiger partial charge in [0.1, 0.15) is 0 Å². The maximum absolute atomic E-state index is 2.36. The molecule has 0 spiro atoms. The van der Waals surface area contributed by atoms with Crippen LogP contribution in [0.15, 0.2) is 200 Å². The van der Waals surface area contributed by atoms with E-state index in [0.29, 0.717) is 0 Å². The first-order chi connectivity index (χ1) is 25.3. The highest BCUT2D eigenvalue weighted by Crippen LogP contribution is 2.38. The minimum absolute atomic E-state index is 1.11. The summed E-state index contributed by atoms with van der Waals surface area (Å²) in [7, 11) is 0. The highest BCUT2D eigenvalue weighted by molar-refractivity contribution is 6.10. The second-order valence-corrected chi connectivity index (χ2v) is 13.0. The summed E-state index contributed by atoms with van der Waals surface area (Å²) in [6.07, 6.45) is 0. The molecule has 0 bridgehead atoms. The van der Waals surface area contributed by atoms with Crippen molar-refractivity contribution in [2.75, 3.05) is 4.90 Å². The van der Waals surface area contributed by atoms with Gasteiger partial charge < -0.3 is 14.0 Å². The first-order valence-corrected chi connectivity index (χ1v) is 17.4. The summed E-state index contributed by atoms with van der Waals surface area (Å²) in [4.78, 5) is 2.32. The molecule has 0 fully saturated rings. The van der Waals surface area contributed by atoms with Crippen molar-refractivity contribution >= 4 is 60.7 Å².